The lowest BCUT2D eigenvalue weighted by molar-refractivity contribution is -0.129. The van der Waals surface area contributed by atoms with Gasteiger partial charge in [0.2, 0.25) is 5.91 Å². The first-order valence-corrected chi connectivity index (χ1v) is 7.78. The Balaban J connectivity index is 1.65. The van der Waals surface area contributed by atoms with Gasteiger partial charge in [-0.05, 0) is 25.8 Å². The van der Waals surface area contributed by atoms with Gasteiger partial charge < -0.3 is 20.9 Å². The third kappa shape index (κ3) is 5.00. The maximum absolute atomic E-state index is 12.0. The van der Waals surface area contributed by atoms with E-state index in [0.717, 1.165) is 45.4 Å². The summed E-state index contributed by atoms with van der Waals surface area (Å²) in [6, 6.07) is 0.0689. The number of amides is 3. The highest BCUT2D eigenvalue weighted by atomic mass is 16.2. The average molecular weight is 282 g/mol. The largest absolute Gasteiger partial charge is 0.340 e. The van der Waals surface area contributed by atoms with E-state index >= 15 is 0 Å². The van der Waals surface area contributed by atoms with Crippen molar-refractivity contribution in [2.24, 2.45) is 0 Å². The Labute approximate surface area is 120 Å². The summed E-state index contributed by atoms with van der Waals surface area (Å²) in [6.07, 6.45) is 6.72. The van der Waals surface area contributed by atoms with Crippen LogP contribution in [0.4, 0.5) is 4.79 Å². The second kappa shape index (κ2) is 8.09. The molecule has 20 heavy (non-hydrogen) atoms. The van der Waals surface area contributed by atoms with Crippen LogP contribution in [0.2, 0.25) is 0 Å². The van der Waals surface area contributed by atoms with Gasteiger partial charge in [0, 0.05) is 25.7 Å². The summed E-state index contributed by atoms with van der Waals surface area (Å²) in [5.41, 5.74) is 0. The molecule has 0 radical (unpaired) electrons. The summed E-state index contributed by atoms with van der Waals surface area (Å²) in [5, 5.41) is 8.90. The van der Waals surface area contributed by atoms with E-state index in [2.05, 4.69) is 16.0 Å². The molecule has 0 unspecified atom stereocenters. The van der Waals surface area contributed by atoms with E-state index < -0.39 is 0 Å². The molecule has 0 atom stereocenters. The molecule has 2 rings (SSSR count). The smallest absolute Gasteiger partial charge is 0.315 e. The van der Waals surface area contributed by atoms with Crippen molar-refractivity contribution in [1.82, 2.24) is 20.9 Å². The molecule has 3 amide bonds. The molecule has 2 fully saturated rings. The van der Waals surface area contributed by atoms with Crippen molar-refractivity contribution in [2.75, 3.05) is 32.7 Å². The van der Waals surface area contributed by atoms with Gasteiger partial charge in [0.15, 0.2) is 0 Å². The second-order valence-electron chi connectivity index (χ2n) is 5.65. The Morgan fingerprint density at radius 1 is 1.05 bits per heavy atom. The van der Waals surface area contributed by atoms with E-state index in [-0.39, 0.29) is 24.5 Å². The van der Waals surface area contributed by atoms with Crippen LogP contribution < -0.4 is 16.0 Å². The summed E-state index contributed by atoms with van der Waals surface area (Å²) < 4.78 is 0. The monoisotopic (exact) mass is 282 g/mol. The van der Waals surface area contributed by atoms with Gasteiger partial charge in [0.05, 0.1) is 6.54 Å². The number of rotatable bonds is 3. The van der Waals surface area contributed by atoms with Gasteiger partial charge in [-0.2, -0.15) is 0 Å². The van der Waals surface area contributed by atoms with Crippen LogP contribution in [0.3, 0.4) is 0 Å². The fourth-order valence-corrected chi connectivity index (χ4v) is 2.85. The lowest BCUT2D eigenvalue weighted by Crippen LogP contribution is -2.47. The van der Waals surface area contributed by atoms with E-state index in [4.69, 9.17) is 0 Å². The Morgan fingerprint density at radius 3 is 2.65 bits per heavy atom. The number of nitrogens with zero attached hydrogens (tertiary/aromatic N) is 1. The zero-order valence-electron chi connectivity index (χ0n) is 12.1. The minimum atomic E-state index is -0.210. The summed E-state index contributed by atoms with van der Waals surface area (Å²) in [6.45, 7) is 3.39. The standard InChI is InChI=1S/C14H26N4O2/c19-13(18-9-4-7-15-8-10-18)11-16-14(20)17-12-5-2-1-3-6-12/h12,15H,1-11H2,(H2,16,17,20). The first-order chi connectivity index (χ1) is 9.75. The van der Waals surface area contributed by atoms with Gasteiger partial charge in [-0.1, -0.05) is 19.3 Å². The number of carbonyl (C=O) groups is 2. The maximum Gasteiger partial charge on any atom is 0.315 e. The van der Waals surface area contributed by atoms with Crippen molar-refractivity contribution in [1.29, 1.82) is 0 Å². The van der Waals surface area contributed by atoms with Crippen LogP contribution in [0, 0.1) is 0 Å². The number of nitrogens with one attached hydrogen (secondary N) is 3. The normalized spacial score (nSPS) is 21.1. The Kier molecular flexibility index (Phi) is 6.11. The van der Waals surface area contributed by atoms with Crippen molar-refractivity contribution in [3.05, 3.63) is 0 Å². The molecular formula is C14H26N4O2. The van der Waals surface area contributed by atoms with Crippen molar-refractivity contribution in [3.8, 4) is 0 Å². The van der Waals surface area contributed by atoms with Crippen molar-refractivity contribution >= 4 is 11.9 Å². The predicted molar refractivity (Wildman–Crippen MR) is 77.5 cm³/mol. The average Bonchev–Trinajstić information content (AvgIpc) is 2.75. The van der Waals surface area contributed by atoms with Crippen LogP contribution >= 0.6 is 0 Å². The molecule has 1 aliphatic carbocycles. The van der Waals surface area contributed by atoms with E-state index in [1.807, 2.05) is 4.90 Å². The quantitative estimate of drug-likeness (QED) is 0.703. The predicted octanol–water partition coefficient (Wildman–Crippen LogP) is 0.440. The molecular weight excluding hydrogens is 256 g/mol. The third-order valence-electron chi connectivity index (χ3n) is 4.03. The molecule has 0 aromatic rings. The number of urea groups is 1. The first kappa shape index (κ1) is 15.1. The summed E-state index contributed by atoms with van der Waals surface area (Å²) in [7, 11) is 0. The molecule has 0 bridgehead atoms. The fourth-order valence-electron chi connectivity index (χ4n) is 2.85. The second-order valence-corrected chi connectivity index (χ2v) is 5.65. The van der Waals surface area contributed by atoms with Crippen molar-refractivity contribution in [2.45, 2.75) is 44.6 Å². The van der Waals surface area contributed by atoms with Crippen LogP contribution in [0.25, 0.3) is 0 Å². The van der Waals surface area contributed by atoms with Crippen LogP contribution in [-0.4, -0.2) is 55.6 Å². The zero-order valence-corrected chi connectivity index (χ0v) is 12.1. The zero-order chi connectivity index (χ0) is 14.2. The third-order valence-corrected chi connectivity index (χ3v) is 4.03. The lowest BCUT2D eigenvalue weighted by Gasteiger charge is -2.24. The summed E-state index contributed by atoms with van der Waals surface area (Å²) in [5.74, 6) is 0.00694. The summed E-state index contributed by atoms with van der Waals surface area (Å²) >= 11 is 0. The van der Waals surface area contributed by atoms with Gasteiger partial charge >= 0.3 is 6.03 Å². The Morgan fingerprint density at radius 2 is 1.85 bits per heavy atom. The number of carbonyl (C=O) groups excluding carboxylic acids is 2. The topological polar surface area (TPSA) is 73.5 Å². The SMILES string of the molecule is O=C(NCC(=O)N1CCCNCC1)NC1CCCCC1. The van der Waals surface area contributed by atoms with E-state index in [0.29, 0.717) is 0 Å². The molecule has 1 aliphatic heterocycles. The van der Waals surface area contributed by atoms with E-state index in [1.165, 1.54) is 19.3 Å². The Hall–Kier alpha value is -1.30. The summed E-state index contributed by atoms with van der Waals surface area (Å²) in [4.78, 5) is 25.6. The van der Waals surface area contributed by atoms with Crippen molar-refractivity contribution < 1.29 is 9.59 Å². The molecule has 0 aromatic carbocycles. The first-order valence-electron chi connectivity index (χ1n) is 7.78. The van der Waals surface area contributed by atoms with E-state index in [9.17, 15) is 9.59 Å². The van der Waals surface area contributed by atoms with Gasteiger partial charge in [-0.25, -0.2) is 4.79 Å². The van der Waals surface area contributed by atoms with Crippen LogP contribution in [-0.2, 0) is 4.79 Å². The number of hydrogen-bond donors (Lipinski definition) is 3. The van der Waals surface area contributed by atoms with Gasteiger partial charge in [0.1, 0.15) is 0 Å². The molecule has 0 aromatic heterocycles. The molecule has 1 heterocycles. The minimum Gasteiger partial charge on any atom is -0.340 e. The van der Waals surface area contributed by atoms with E-state index in [1.54, 1.807) is 0 Å². The maximum atomic E-state index is 12.0. The van der Waals surface area contributed by atoms with Gasteiger partial charge in [-0.3, -0.25) is 4.79 Å². The minimum absolute atomic E-state index is 0.00694. The highest BCUT2D eigenvalue weighted by Gasteiger charge is 2.18. The molecule has 6 nitrogen and oxygen atoms in total. The molecule has 114 valence electrons. The highest BCUT2D eigenvalue weighted by Crippen LogP contribution is 2.17. The molecule has 1 saturated carbocycles. The molecule has 1 saturated heterocycles. The molecule has 6 heteroatoms. The van der Waals surface area contributed by atoms with Gasteiger partial charge in [-0.15, -0.1) is 0 Å². The highest BCUT2D eigenvalue weighted by molar-refractivity contribution is 5.84. The number of hydrogen-bond acceptors (Lipinski definition) is 3. The van der Waals surface area contributed by atoms with Crippen LogP contribution in [0.5, 0.6) is 0 Å². The lowest BCUT2D eigenvalue weighted by atomic mass is 9.96. The molecule has 0 spiro atoms. The molecule has 3 N–H and O–H groups in total. The van der Waals surface area contributed by atoms with Crippen molar-refractivity contribution in [3.63, 3.8) is 0 Å². The van der Waals surface area contributed by atoms with Crippen LogP contribution in [0.1, 0.15) is 38.5 Å². The van der Waals surface area contributed by atoms with Gasteiger partial charge in [0.25, 0.3) is 0 Å². The molecule has 2 aliphatic rings. The Bertz CT molecular complexity index is 321. The van der Waals surface area contributed by atoms with Crippen LogP contribution in [0.15, 0.2) is 0 Å². The fraction of sp³-hybridized carbons (Fsp3) is 0.857.